The zero-order valence-corrected chi connectivity index (χ0v) is 15.9. The number of nitrogens with one attached hydrogen (secondary N) is 1. The van der Waals surface area contributed by atoms with Crippen LogP contribution in [0.3, 0.4) is 0 Å². The summed E-state index contributed by atoms with van der Waals surface area (Å²) in [7, 11) is 0. The Kier molecular flexibility index (Phi) is 5.92. The number of H-pyrrole nitrogens is 1. The highest BCUT2D eigenvalue weighted by Crippen LogP contribution is 2.20. The van der Waals surface area contributed by atoms with Crippen molar-refractivity contribution in [1.82, 2.24) is 25.0 Å². The van der Waals surface area contributed by atoms with Crippen molar-refractivity contribution in [2.45, 2.75) is 25.4 Å². The average molecular weight is 373 g/mol. The molecule has 8 heteroatoms. The Bertz CT molecular complexity index is 766. The van der Waals surface area contributed by atoms with Crippen LogP contribution in [0.2, 0.25) is 0 Å². The summed E-state index contributed by atoms with van der Waals surface area (Å²) in [6.45, 7) is 6.05. The number of piperazine rings is 1. The highest BCUT2D eigenvalue weighted by atomic mass is 32.2. The second-order valence-electron chi connectivity index (χ2n) is 6.19. The molecule has 0 bridgehead atoms. The Morgan fingerprint density at radius 1 is 1.12 bits per heavy atom. The van der Waals surface area contributed by atoms with E-state index in [1.54, 1.807) is 16.7 Å². The van der Waals surface area contributed by atoms with E-state index < -0.39 is 0 Å². The molecule has 26 heavy (non-hydrogen) atoms. The number of aromatic amines is 1. The van der Waals surface area contributed by atoms with Gasteiger partial charge in [-0.2, -0.15) is 0 Å². The van der Waals surface area contributed by atoms with Crippen LogP contribution in [-0.4, -0.2) is 68.7 Å². The predicted molar refractivity (Wildman–Crippen MR) is 101 cm³/mol. The fraction of sp³-hybridized carbons (Fsp3) is 0.444. The lowest BCUT2D eigenvalue weighted by molar-refractivity contribution is -0.136. The van der Waals surface area contributed by atoms with Crippen LogP contribution in [0.1, 0.15) is 19.4 Å². The van der Waals surface area contributed by atoms with Crippen molar-refractivity contribution in [3.8, 4) is 11.4 Å². The number of benzene rings is 1. The van der Waals surface area contributed by atoms with Gasteiger partial charge < -0.3 is 9.80 Å². The van der Waals surface area contributed by atoms with Gasteiger partial charge in [0, 0.05) is 38.7 Å². The van der Waals surface area contributed by atoms with E-state index in [1.165, 1.54) is 17.3 Å². The first kappa shape index (κ1) is 18.4. The van der Waals surface area contributed by atoms with Crippen LogP contribution < -0.4 is 0 Å². The quantitative estimate of drug-likeness (QED) is 0.809. The van der Waals surface area contributed by atoms with Crippen LogP contribution in [0.15, 0.2) is 29.4 Å². The third-order valence-corrected chi connectivity index (χ3v) is 5.34. The maximum atomic E-state index is 12.3. The van der Waals surface area contributed by atoms with Crippen LogP contribution in [0.25, 0.3) is 11.4 Å². The van der Waals surface area contributed by atoms with Gasteiger partial charge in [-0.05, 0) is 12.0 Å². The molecule has 3 rings (SSSR count). The number of carbonyl (C=O) groups is 2. The van der Waals surface area contributed by atoms with Gasteiger partial charge >= 0.3 is 0 Å². The lowest BCUT2D eigenvalue weighted by Crippen LogP contribution is -2.50. The number of nitrogens with zero attached hydrogens (tertiary/aromatic N) is 4. The fourth-order valence-electron chi connectivity index (χ4n) is 2.83. The second kappa shape index (κ2) is 8.35. The number of thioether (sulfide) groups is 1. The highest BCUT2D eigenvalue weighted by Gasteiger charge is 2.22. The zero-order valence-electron chi connectivity index (χ0n) is 15.1. The van der Waals surface area contributed by atoms with Gasteiger partial charge in [-0.3, -0.25) is 14.7 Å². The molecule has 1 N–H and O–H groups in total. The first-order valence-corrected chi connectivity index (χ1v) is 9.73. The highest BCUT2D eigenvalue weighted by molar-refractivity contribution is 7.99. The Morgan fingerprint density at radius 2 is 1.77 bits per heavy atom. The van der Waals surface area contributed by atoms with Crippen molar-refractivity contribution in [3.63, 3.8) is 0 Å². The van der Waals surface area contributed by atoms with E-state index in [1.807, 2.05) is 12.1 Å². The van der Waals surface area contributed by atoms with Crippen molar-refractivity contribution in [2.75, 3.05) is 31.9 Å². The molecule has 1 aromatic heterocycles. The summed E-state index contributed by atoms with van der Waals surface area (Å²) in [5, 5.41) is 7.69. The lowest BCUT2D eigenvalue weighted by Gasteiger charge is -2.34. The molecular formula is C18H23N5O2S. The maximum absolute atomic E-state index is 12.3. The Labute approximate surface area is 157 Å². The zero-order chi connectivity index (χ0) is 18.5. The molecule has 1 saturated heterocycles. The molecular weight excluding hydrogens is 350 g/mol. The van der Waals surface area contributed by atoms with E-state index in [-0.39, 0.29) is 11.8 Å². The normalized spacial score (nSPS) is 14.5. The fourth-order valence-corrected chi connectivity index (χ4v) is 3.53. The number of hydrogen-bond donors (Lipinski definition) is 1. The first-order chi connectivity index (χ1) is 12.6. The molecule has 1 fully saturated rings. The summed E-state index contributed by atoms with van der Waals surface area (Å²) in [6, 6.07) is 8.20. The summed E-state index contributed by atoms with van der Waals surface area (Å²) >= 11 is 1.33. The molecule has 1 aliphatic rings. The van der Waals surface area contributed by atoms with Crippen molar-refractivity contribution < 1.29 is 9.59 Å². The molecule has 0 radical (unpaired) electrons. The molecule has 2 heterocycles. The van der Waals surface area contributed by atoms with Gasteiger partial charge in [0.2, 0.25) is 17.0 Å². The summed E-state index contributed by atoms with van der Waals surface area (Å²) in [4.78, 5) is 31.7. The van der Waals surface area contributed by atoms with E-state index in [0.29, 0.717) is 42.9 Å². The molecule has 0 atom stereocenters. The molecule has 0 unspecified atom stereocenters. The number of hydrogen-bond acceptors (Lipinski definition) is 5. The van der Waals surface area contributed by atoms with Gasteiger partial charge in [0.15, 0.2) is 5.82 Å². The number of carbonyl (C=O) groups excluding carboxylic acids is 2. The smallest absolute Gasteiger partial charge is 0.233 e. The van der Waals surface area contributed by atoms with E-state index in [4.69, 9.17) is 0 Å². The summed E-state index contributed by atoms with van der Waals surface area (Å²) < 4.78 is 0. The van der Waals surface area contributed by atoms with E-state index in [2.05, 4.69) is 34.2 Å². The molecule has 0 aliphatic carbocycles. The first-order valence-electron chi connectivity index (χ1n) is 8.74. The van der Waals surface area contributed by atoms with Crippen molar-refractivity contribution in [3.05, 3.63) is 29.8 Å². The van der Waals surface area contributed by atoms with Gasteiger partial charge in [-0.25, -0.2) is 4.98 Å². The number of amides is 2. The van der Waals surface area contributed by atoms with Crippen LogP contribution in [0, 0.1) is 0 Å². The van der Waals surface area contributed by atoms with Gasteiger partial charge in [0.1, 0.15) is 0 Å². The molecule has 2 aromatic rings. The van der Waals surface area contributed by atoms with Crippen LogP contribution >= 0.6 is 11.8 Å². The van der Waals surface area contributed by atoms with E-state index >= 15 is 0 Å². The van der Waals surface area contributed by atoms with Crippen LogP contribution in [0.4, 0.5) is 0 Å². The van der Waals surface area contributed by atoms with Crippen molar-refractivity contribution in [2.24, 2.45) is 0 Å². The number of aromatic nitrogens is 3. The molecule has 138 valence electrons. The minimum atomic E-state index is 0.0526. The van der Waals surface area contributed by atoms with Gasteiger partial charge in [0.25, 0.3) is 0 Å². The summed E-state index contributed by atoms with van der Waals surface area (Å²) in [5.41, 5.74) is 2.26. The number of rotatable bonds is 5. The van der Waals surface area contributed by atoms with E-state index in [9.17, 15) is 9.59 Å². The molecule has 0 spiro atoms. The number of aryl methyl sites for hydroxylation is 1. The predicted octanol–water partition coefficient (Wildman–Crippen LogP) is 1.82. The van der Waals surface area contributed by atoms with Gasteiger partial charge in [-0.1, -0.05) is 43.0 Å². The molecule has 7 nitrogen and oxygen atoms in total. The monoisotopic (exact) mass is 373 g/mol. The van der Waals surface area contributed by atoms with Crippen molar-refractivity contribution >= 4 is 23.6 Å². The van der Waals surface area contributed by atoms with E-state index in [0.717, 1.165) is 12.0 Å². The molecule has 2 amide bonds. The van der Waals surface area contributed by atoms with Crippen LogP contribution in [0.5, 0.6) is 0 Å². The van der Waals surface area contributed by atoms with Gasteiger partial charge in [-0.15, -0.1) is 5.10 Å². The third kappa shape index (κ3) is 4.43. The van der Waals surface area contributed by atoms with Crippen LogP contribution in [-0.2, 0) is 16.0 Å². The standard InChI is InChI=1S/C18H23N5O2S/c1-3-14-4-6-15(7-5-14)17-19-18(21-20-17)26-12-16(25)23-10-8-22(9-11-23)13(2)24/h4-7H,3,8-12H2,1-2H3,(H,19,20,21). The Morgan fingerprint density at radius 3 is 2.38 bits per heavy atom. The molecule has 1 aliphatic heterocycles. The molecule has 0 saturated carbocycles. The molecule has 1 aromatic carbocycles. The lowest BCUT2D eigenvalue weighted by atomic mass is 10.1. The maximum Gasteiger partial charge on any atom is 0.233 e. The Hall–Kier alpha value is -2.35. The minimum Gasteiger partial charge on any atom is -0.339 e. The second-order valence-corrected chi connectivity index (χ2v) is 7.14. The summed E-state index contributed by atoms with van der Waals surface area (Å²) in [6.07, 6.45) is 1.00. The van der Waals surface area contributed by atoms with Crippen molar-refractivity contribution in [1.29, 1.82) is 0 Å². The third-order valence-electron chi connectivity index (χ3n) is 4.50. The van der Waals surface area contributed by atoms with Gasteiger partial charge in [0.05, 0.1) is 5.75 Å². The Balaban J connectivity index is 1.51. The average Bonchev–Trinajstić information content (AvgIpc) is 3.15. The summed E-state index contributed by atoms with van der Waals surface area (Å²) in [5.74, 6) is 1.12. The largest absolute Gasteiger partial charge is 0.339 e. The minimum absolute atomic E-state index is 0.0526. The SMILES string of the molecule is CCc1ccc(-c2nc(SCC(=O)N3CCN(C(C)=O)CC3)n[nH]2)cc1. The topological polar surface area (TPSA) is 82.2 Å².